The molecule has 0 aromatic heterocycles. The average Bonchev–Trinajstić information content (AvgIpc) is 2.66. The highest BCUT2D eigenvalue weighted by Crippen LogP contribution is 2.24. The molecule has 0 aromatic carbocycles. The number of carbonyl (C=O) groups is 1. The number of hydrogen-bond acceptors (Lipinski definition) is 2. The van der Waals surface area contributed by atoms with E-state index in [4.69, 9.17) is 0 Å². The van der Waals surface area contributed by atoms with Crippen molar-refractivity contribution < 1.29 is 4.79 Å². The zero-order valence-electron chi connectivity index (χ0n) is 10.7. The van der Waals surface area contributed by atoms with Crippen LogP contribution in [0.1, 0.15) is 39.5 Å². The van der Waals surface area contributed by atoms with E-state index in [9.17, 15) is 4.79 Å². The minimum atomic E-state index is 0. The fraction of sp³-hybridized carbons (Fsp3) is 0.917. The van der Waals surface area contributed by atoms with Gasteiger partial charge < -0.3 is 10.2 Å². The first-order valence-electron chi connectivity index (χ1n) is 6.09. The molecule has 0 unspecified atom stereocenters. The molecule has 0 spiro atoms. The molecule has 1 aliphatic rings. The smallest absolute Gasteiger partial charge is 0.236 e. The molecule has 4 heteroatoms. The standard InChI is InChI=1S/C12H24N2O.ClH/c1-10(2)9-14(12(15)8-13-3)11-6-4-5-7-11;/h10-11,13H,4-9H2,1-3H3;1H. The molecular formula is C12H25ClN2O. The highest BCUT2D eigenvalue weighted by molar-refractivity contribution is 5.85. The summed E-state index contributed by atoms with van der Waals surface area (Å²) in [7, 11) is 1.83. The average molecular weight is 249 g/mol. The van der Waals surface area contributed by atoms with Crippen molar-refractivity contribution in [3.63, 3.8) is 0 Å². The van der Waals surface area contributed by atoms with Gasteiger partial charge in [-0.05, 0) is 25.8 Å². The number of halogens is 1. The van der Waals surface area contributed by atoms with Crippen molar-refractivity contribution >= 4 is 18.3 Å². The molecule has 0 radical (unpaired) electrons. The lowest BCUT2D eigenvalue weighted by Gasteiger charge is -2.30. The van der Waals surface area contributed by atoms with Crippen molar-refractivity contribution in [3.8, 4) is 0 Å². The molecule has 0 heterocycles. The van der Waals surface area contributed by atoms with Gasteiger partial charge in [0, 0.05) is 12.6 Å². The number of amides is 1. The van der Waals surface area contributed by atoms with Crippen molar-refractivity contribution in [2.24, 2.45) is 5.92 Å². The summed E-state index contributed by atoms with van der Waals surface area (Å²) in [6.45, 7) is 5.73. The van der Waals surface area contributed by atoms with Gasteiger partial charge in [0.05, 0.1) is 6.54 Å². The number of nitrogens with zero attached hydrogens (tertiary/aromatic N) is 1. The zero-order valence-corrected chi connectivity index (χ0v) is 11.5. The quantitative estimate of drug-likeness (QED) is 0.808. The SMILES string of the molecule is CNCC(=O)N(CC(C)C)C1CCCC1.Cl. The summed E-state index contributed by atoms with van der Waals surface area (Å²) >= 11 is 0. The van der Waals surface area contributed by atoms with E-state index in [-0.39, 0.29) is 18.3 Å². The molecule has 0 saturated heterocycles. The summed E-state index contributed by atoms with van der Waals surface area (Å²) in [6.07, 6.45) is 4.96. The topological polar surface area (TPSA) is 32.3 Å². The molecule has 1 fully saturated rings. The van der Waals surface area contributed by atoms with E-state index >= 15 is 0 Å². The Morgan fingerprint density at radius 3 is 2.38 bits per heavy atom. The van der Waals surface area contributed by atoms with E-state index in [0.29, 0.717) is 18.5 Å². The largest absolute Gasteiger partial charge is 0.338 e. The van der Waals surface area contributed by atoms with E-state index in [2.05, 4.69) is 24.1 Å². The molecule has 1 rings (SSSR count). The zero-order chi connectivity index (χ0) is 11.3. The van der Waals surface area contributed by atoms with Gasteiger partial charge in [-0.1, -0.05) is 26.7 Å². The van der Waals surface area contributed by atoms with Crippen LogP contribution in [0.15, 0.2) is 0 Å². The maximum absolute atomic E-state index is 11.9. The van der Waals surface area contributed by atoms with Gasteiger partial charge in [-0.15, -0.1) is 12.4 Å². The van der Waals surface area contributed by atoms with E-state index < -0.39 is 0 Å². The van der Waals surface area contributed by atoms with Gasteiger partial charge in [-0.2, -0.15) is 0 Å². The van der Waals surface area contributed by atoms with Gasteiger partial charge in [0.2, 0.25) is 5.91 Å². The van der Waals surface area contributed by atoms with Crippen LogP contribution in [0.5, 0.6) is 0 Å². The normalized spacial score (nSPS) is 16.2. The first-order valence-corrected chi connectivity index (χ1v) is 6.09. The van der Waals surface area contributed by atoms with Crippen molar-refractivity contribution in [1.82, 2.24) is 10.2 Å². The number of hydrogen-bond donors (Lipinski definition) is 1. The molecule has 0 aromatic rings. The number of carbonyl (C=O) groups excluding carboxylic acids is 1. The van der Waals surface area contributed by atoms with Gasteiger partial charge in [0.15, 0.2) is 0 Å². The summed E-state index contributed by atoms with van der Waals surface area (Å²) in [5.74, 6) is 0.824. The van der Waals surface area contributed by atoms with Gasteiger partial charge in [0.25, 0.3) is 0 Å². The summed E-state index contributed by atoms with van der Waals surface area (Å²) in [5, 5.41) is 2.95. The second-order valence-electron chi connectivity index (χ2n) is 4.91. The van der Waals surface area contributed by atoms with Crippen LogP contribution in [0.25, 0.3) is 0 Å². The highest BCUT2D eigenvalue weighted by Gasteiger charge is 2.26. The Kier molecular flexibility index (Phi) is 7.77. The maximum Gasteiger partial charge on any atom is 0.236 e. The molecule has 0 aliphatic heterocycles. The molecule has 16 heavy (non-hydrogen) atoms. The third kappa shape index (κ3) is 4.71. The Hall–Kier alpha value is -0.280. The minimum Gasteiger partial charge on any atom is -0.338 e. The van der Waals surface area contributed by atoms with Crippen LogP contribution in [-0.4, -0.2) is 37.0 Å². The lowest BCUT2D eigenvalue weighted by molar-refractivity contribution is -0.133. The second kappa shape index (κ2) is 7.91. The predicted molar refractivity (Wildman–Crippen MR) is 70.0 cm³/mol. The fourth-order valence-electron chi connectivity index (χ4n) is 2.32. The van der Waals surface area contributed by atoms with E-state index in [0.717, 1.165) is 6.54 Å². The van der Waals surface area contributed by atoms with Crippen LogP contribution in [0.3, 0.4) is 0 Å². The first kappa shape index (κ1) is 15.7. The number of nitrogens with one attached hydrogen (secondary N) is 1. The summed E-state index contributed by atoms with van der Waals surface area (Å²) in [4.78, 5) is 14.0. The van der Waals surface area contributed by atoms with Crippen molar-refractivity contribution in [2.75, 3.05) is 20.1 Å². The van der Waals surface area contributed by atoms with Crippen molar-refractivity contribution in [1.29, 1.82) is 0 Å². The Morgan fingerprint density at radius 1 is 1.38 bits per heavy atom. The molecule has 96 valence electrons. The molecular weight excluding hydrogens is 224 g/mol. The summed E-state index contributed by atoms with van der Waals surface area (Å²) < 4.78 is 0. The third-order valence-corrected chi connectivity index (χ3v) is 2.98. The van der Waals surface area contributed by atoms with E-state index in [1.807, 2.05) is 7.05 Å². The van der Waals surface area contributed by atoms with E-state index in [1.54, 1.807) is 0 Å². The first-order chi connectivity index (χ1) is 7.15. The van der Waals surface area contributed by atoms with Crippen LogP contribution in [0.2, 0.25) is 0 Å². The van der Waals surface area contributed by atoms with Crippen molar-refractivity contribution in [2.45, 2.75) is 45.6 Å². The molecule has 0 atom stereocenters. The van der Waals surface area contributed by atoms with Gasteiger partial charge >= 0.3 is 0 Å². The summed E-state index contributed by atoms with van der Waals surface area (Å²) in [6, 6.07) is 0.508. The third-order valence-electron chi connectivity index (χ3n) is 2.98. The predicted octanol–water partition coefficient (Wildman–Crippen LogP) is 2.05. The van der Waals surface area contributed by atoms with Crippen molar-refractivity contribution in [3.05, 3.63) is 0 Å². The molecule has 3 nitrogen and oxygen atoms in total. The Balaban J connectivity index is 0.00000225. The molecule has 1 amide bonds. The van der Waals surface area contributed by atoms with Crippen LogP contribution in [0, 0.1) is 5.92 Å². The Bertz CT molecular complexity index is 203. The lowest BCUT2D eigenvalue weighted by Crippen LogP contribution is -2.44. The molecule has 1 aliphatic carbocycles. The van der Waals surface area contributed by atoms with Gasteiger partial charge in [-0.25, -0.2) is 0 Å². The Labute approximate surface area is 105 Å². The van der Waals surface area contributed by atoms with Crippen LogP contribution < -0.4 is 5.32 Å². The summed E-state index contributed by atoms with van der Waals surface area (Å²) in [5.41, 5.74) is 0. The highest BCUT2D eigenvalue weighted by atomic mass is 35.5. The van der Waals surface area contributed by atoms with Gasteiger partial charge in [-0.3, -0.25) is 4.79 Å². The monoisotopic (exact) mass is 248 g/mol. The van der Waals surface area contributed by atoms with Gasteiger partial charge in [0.1, 0.15) is 0 Å². The number of rotatable bonds is 5. The number of likely N-dealkylation sites (N-methyl/N-ethyl adjacent to an activating group) is 1. The van der Waals surface area contributed by atoms with Crippen LogP contribution in [0.4, 0.5) is 0 Å². The molecule has 0 bridgehead atoms. The Morgan fingerprint density at radius 2 is 1.94 bits per heavy atom. The molecule has 1 saturated carbocycles. The van der Waals surface area contributed by atoms with E-state index in [1.165, 1.54) is 25.7 Å². The van der Waals surface area contributed by atoms with Crippen LogP contribution in [-0.2, 0) is 4.79 Å². The second-order valence-corrected chi connectivity index (χ2v) is 4.91. The molecule has 1 N–H and O–H groups in total. The lowest BCUT2D eigenvalue weighted by atomic mass is 10.1. The minimum absolute atomic E-state index is 0. The van der Waals surface area contributed by atoms with Crippen LogP contribution >= 0.6 is 12.4 Å². The maximum atomic E-state index is 11.9. The fourth-order valence-corrected chi connectivity index (χ4v) is 2.32.